The van der Waals surface area contributed by atoms with Crippen LogP contribution in [0.3, 0.4) is 0 Å². The molecule has 3 aliphatic carbocycles. The summed E-state index contributed by atoms with van der Waals surface area (Å²) >= 11 is 0. The maximum Gasteiger partial charge on any atom is 0.0937 e. The highest BCUT2D eigenvalue weighted by Crippen LogP contribution is 2.63. The summed E-state index contributed by atoms with van der Waals surface area (Å²) in [5.41, 5.74) is 9.89. The van der Waals surface area contributed by atoms with Gasteiger partial charge in [-0.2, -0.15) is 0 Å². The van der Waals surface area contributed by atoms with Crippen LogP contribution in [0, 0.1) is 0 Å². The fourth-order valence-corrected chi connectivity index (χ4v) is 4.99. The number of rotatable bonds is 0. The molecule has 0 saturated carbocycles. The monoisotopic (exact) mass is 320 g/mol. The number of hydrogen-bond donors (Lipinski definition) is 0. The largest absolute Gasteiger partial charge is 0.254 e. The van der Waals surface area contributed by atoms with E-state index in [1.165, 1.54) is 33.4 Å². The van der Waals surface area contributed by atoms with Crippen molar-refractivity contribution < 1.29 is 0 Å². The summed E-state index contributed by atoms with van der Waals surface area (Å²) < 4.78 is 0. The van der Waals surface area contributed by atoms with Crippen molar-refractivity contribution in [2.24, 2.45) is 0 Å². The zero-order valence-corrected chi connectivity index (χ0v) is 13.7. The highest BCUT2D eigenvalue weighted by Gasteiger charge is 2.54. The third kappa shape index (κ3) is 1.42. The molecule has 2 aromatic heterocycles. The molecule has 2 heteroatoms. The van der Waals surface area contributed by atoms with Crippen LogP contribution in [-0.4, -0.2) is 9.97 Å². The Morgan fingerprint density at radius 1 is 0.680 bits per heavy atom. The van der Waals surface area contributed by atoms with Gasteiger partial charge in [0, 0.05) is 12.4 Å². The van der Waals surface area contributed by atoms with E-state index in [1.54, 1.807) is 0 Å². The Balaban J connectivity index is 1.85. The third-order valence-electron chi connectivity index (χ3n) is 5.83. The standard InChI is InChI=1S/C23H16N2/c1-3-9-17-15(7-1)16-8-2-4-10-18(16)23(17)19-11-5-13-24-21(19)22-20(23)12-6-14-25-22/h1,3,5-14H,2,4H2. The van der Waals surface area contributed by atoms with Gasteiger partial charge < -0.3 is 0 Å². The molecule has 0 radical (unpaired) electrons. The molecule has 0 atom stereocenters. The molecule has 118 valence electrons. The Morgan fingerprint density at radius 2 is 1.32 bits per heavy atom. The lowest BCUT2D eigenvalue weighted by Gasteiger charge is -2.31. The highest BCUT2D eigenvalue weighted by atomic mass is 14.8. The van der Waals surface area contributed by atoms with E-state index in [1.807, 2.05) is 12.4 Å². The first-order valence-corrected chi connectivity index (χ1v) is 8.85. The van der Waals surface area contributed by atoms with Crippen molar-refractivity contribution in [2.45, 2.75) is 18.3 Å². The van der Waals surface area contributed by atoms with Gasteiger partial charge in [0.25, 0.3) is 0 Å². The normalized spacial score (nSPS) is 18.1. The highest BCUT2D eigenvalue weighted by molar-refractivity contribution is 5.98. The van der Waals surface area contributed by atoms with E-state index in [0.717, 1.165) is 24.2 Å². The molecule has 2 heterocycles. The van der Waals surface area contributed by atoms with Gasteiger partial charge in [0.15, 0.2) is 0 Å². The van der Waals surface area contributed by atoms with Gasteiger partial charge in [-0.3, -0.25) is 9.97 Å². The Labute approximate surface area is 146 Å². The summed E-state index contributed by atoms with van der Waals surface area (Å²) in [5, 5.41) is 0. The number of allylic oxidation sites excluding steroid dienone is 4. The lowest BCUT2D eigenvalue weighted by atomic mass is 9.70. The van der Waals surface area contributed by atoms with Crippen LogP contribution >= 0.6 is 0 Å². The van der Waals surface area contributed by atoms with Gasteiger partial charge in [-0.25, -0.2) is 0 Å². The predicted molar refractivity (Wildman–Crippen MR) is 99.1 cm³/mol. The second-order valence-electron chi connectivity index (χ2n) is 6.91. The van der Waals surface area contributed by atoms with Crippen LogP contribution in [0.4, 0.5) is 0 Å². The molecule has 3 aliphatic rings. The van der Waals surface area contributed by atoms with Gasteiger partial charge in [-0.15, -0.1) is 0 Å². The van der Waals surface area contributed by atoms with Crippen molar-refractivity contribution in [3.8, 4) is 11.4 Å². The van der Waals surface area contributed by atoms with Crippen LogP contribution in [0.15, 0.2) is 78.6 Å². The van der Waals surface area contributed by atoms with Gasteiger partial charge in [-0.1, -0.05) is 48.6 Å². The van der Waals surface area contributed by atoms with Crippen LogP contribution in [-0.2, 0) is 5.41 Å². The minimum atomic E-state index is -0.254. The zero-order valence-electron chi connectivity index (χ0n) is 13.7. The summed E-state index contributed by atoms with van der Waals surface area (Å²) in [6.45, 7) is 0. The van der Waals surface area contributed by atoms with Crippen molar-refractivity contribution in [1.29, 1.82) is 0 Å². The van der Waals surface area contributed by atoms with Crippen LogP contribution < -0.4 is 0 Å². The zero-order chi connectivity index (χ0) is 16.4. The van der Waals surface area contributed by atoms with E-state index < -0.39 is 0 Å². The lowest BCUT2D eigenvalue weighted by molar-refractivity contribution is 0.778. The summed E-state index contributed by atoms with van der Waals surface area (Å²) in [6, 6.07) is 17.4. The molecule has 0 amide bonds. The maximum absolute atomic E-state index is 4.72. The predicted octanol–water partition coefficient (Wildman–Crippen LogP) is 4.91. The molecule has 0 N–H and O–H groups in total. The number of hydrogen-bond acceptors (Lipinski definition) is 2. The average Bonchev–Trinajstić information content (AvgIpc) is 3.16. The molecule has 1 aromatic carbocycles. The Bertz CT molecular complexity index is 1060. The second kappa shape index (κ2) is 4.54. The number of aromatic nitrogens is 2. The lowest BCUT2D eigenvalue weighted by Crippen LogP contribution is -2.26. The molecule has 0 saturated heterocycles. The fourth-order valence-electron chi connectivity index (χ4n) is 4.99. The molecule has 0 bridgehead atoms. The number of pyridine rings is 2. The summed E-state index contributed by atoms with van der Waals surface area (Å²) in [4.78, 5) is 9.44. The summed E-state index contributed by atoms with van der Waals surface area (Å²) in [7, 11) is 0. The first kappa shape index (κ1) is 13.3. The SMILES string of the molecule is C1=C2C(=CCC1)C1(c3ccccc32)c2cccnc2-c2ncccc21. The van der Waals surface area contributed by atoms with Crippen molar-refractivity contribution in [3.63, 3.8) is 0 Å². The second-order valence-corrected chi connectivity index (χ2v) is 6.91. The molecule has 2 nitrogen and oxygen atoms in total. The quantitative estimate of drug-likeness (QED) is 0.588. The third-order valence-corrected chi connectivity index (χ3v) is 5.83. The van der Waals surface area contributed by atoms with Crippen molar-refractivity contribution >= 4 is 5.57 Å². The van der Waals surface area contributed by atoms with Crippen LogP contribution in [0.2, 0.25) is 0 Å². The van der Waals surface area contributed by atoms with E-state index in [-0.39, 0.29) is 5.41 Å². The molecular weight excluding hydrogens is 304 g/mol. The maximum atomic E-state index is 4.72. The van der Waals surface area contributed by atoms with Crippen molar-refractivity contribution in [3.05, 3.63) is 101 Å². The first-order valence-electron chi connectivity index (χ1n) is 8.85. The van der Waals surface area contributed by atoms with Gasteiger partial charge >= 0.3 is 0 Å². The van der Waals surface area contributed by atoms with Gasteiger partial charge in [0.1, 0.15) is 0 Å². The van der Waals surface area contributed by atoms with Crippen molar-refractivity contribution in [2.75, 3.05) is 0 Å². The van der Waals surface area contributed by atoms with E-state index in [2.05, 4.69) is 60.7 Å². The van der Waals surface area contributed by atoms with Gasteiger partial charge in [0.05, 0.1) is 16.8 Å². The topological polar surface area (TPSA) is 25.8 Å². The molecule has 3 aromatic rings. The van der Waals surface area contributed by atoms with E-state index in [4.69, 9.17) is 9.97 Å². The Hall–Kier alpha value is -3.00. The van der Waals surface area contributed by atoms with Crippen LogP contribution in [0.25, 0.3) is 17.0 Å². The van der Waals surface area contributed by atoms with Crippen LogP contribution in [0.5, 0.6) is 0 Å². The molecule has 0 fully saturated rings. The molecule has 0 unspecified atom stereocenters. The molecular formula is C23H16N2. The number of fused-ring (bicyclic) bond motifs is 10. The molecule has 1 spiro atoms. The Morgan fingerprint density at radius 3 is 2.08 bits per heavy atom. The molecule has 0 aliphatic heterocycles. The summed E-state index contributed by atoms with van der Waals surface area (Å²) in [5.74, 6) is 0. The number of nitrogens with zero attached hydrogens (tertiary/aromatic N) is 2. The average molecular weight is 320 g/mol. The van der Waals surface area contributed by atoms with E-state index in [9.17, 15) is 0 Å². The minimum absolute atomic E-state index is 0.254. The Kier molecular flexibility index (Phi) is 2.42. The fraction of sp³-hybridized carbons (Fsp3) is 0.130. The van der Waals surface area contributed by atoms with Gasteiger partial charge in [-0.05, 0) is 58.4 Å². The minimum Gasteiger partial charge on any atom is -0.254 e. The van der Waals surface area contributed by atoms with Crippen molar-refractivity contribution in [1.82, 2.24) is 9.97 Å². The molecule has 25 heavy (non-hydrogen) atoms. The number of benzene rings is 1. The van der Waals surface area contributed by atoms with E-state index >= 15 is 0 Å². The summed E-state index contributed by atoms with van der Waals surface area (Å²) in [6.07, 6.45) is 10.8. The first-order chi connectivity index (χ1) is 12.4. The van der Waals surface area contributed by atoms with E-state index in [0.29, 0.717) is 0 Å². The smallest absolute Gasteiger partial charge is 0.0937 e. The van der Waals surface area contributed by atoms with Gasteiger partial charge in [0.2, 0.25) is 0 Å². The molecule has 6 rings (SSSR count). The van der Waals surface area contributed by atoms with Crippen LogP contribution in [0.1, 0.15) is 35.1 Å².